The smallest absolute Gasteiger partial charge is 0.222 e. The lowest BCUT2D eigenvalue weighted by atomic mass is 10.4. The molecule has 0 aliphatic rings. The molecule has 12 heavy (non-hydrogen) atoms. The summed E-state index contributed by atoms with van der Waals surface area (Å²) in [5, 5.41) is 0. The average Bonchev–Trinajstić information content (AvgIpc) is 1.84. The SMILES string of the molecule is CN(C)C(=O)CCSS(C)(=O)=O. The molecule has 0 unspecified atom stereocenters. The number of nitrogens with zero attached hydrogens (tertiary/aromatic N) is 1. The first kappa shape index (κ1) is 11.8. The maximum absolute atomic E-state index is 10.9. The summed E-state index contributed by atoms with van der Waals surface area (Å²) in [6.45, 7) is 0. The fraction of sp³-hybridized carbons (Fsp3) is 0.833. The van der Waals surface area contributed by atoms with Crippen molar-refractivity contribution in [3.8, 4) is 0 Å². The molecule has 0 aliphatic heterocycles. The van der Waals surface area contributed by atoms with Crippen LogP contribution in [0.3, 0.4) is 0 Å². The fourth-order valence-corrected chi connectivity index (χ4v) is 2.22. The molecule has 72 valence electrons. The van der Waals surface area contributed by atoms with Gasteiger partial charge in [0.25, 0.3) is 0 Å². The van der Waals surface area contributed by atoms with Crippen molar-refractivity contribution >= 4 is 25.6 Å². The highest BCUT2D eigenvalue weighted by Crippen LogP contribution is 2.10. The third-order valence-corrected chi connectivity index (χ3v) is 3.70. The summed E-state index contributed by atoms with van der Waals surface area (Å²) in [6.07, 6.45) is 1.41. The van der Waals surface area contributed by atoms with Gasteiger partial charge in [0.15, 0.2) is 8.87 Å². The van der Waals surface area contributed by atoms with Crippen molar-refractivity contribution in [2.24, 2.45) is 0 Å². The molecule has 0 aliphatic carbocycles. The van der Waals surface area contributed by atoms with E-state index in [1.54, 1.807) is 14.1 Å². The number of hydrogen-bond donors (Lipinski definition) is 0. The van der Waals surface area contributed by atoms with Gasteiger partial charge in [-0.2, -0.15) is 0 Å². The normalized spacial score (nSPS) is 11.2. The van der Waals surface area contributed by atoms with Crippen molar-refractivity contribution in [2.45, 2.75) is 6.42 Å². The average molecular weight is 211 g/mol. The summed E-state index contributed by atoms with van der Waals surface area (Å²) < 4.78 is 21.2. The van der Waals surface area contributed by atoms with Crippen LogP contribution in [0.15, 0.2) is 0 Å². The summed E-state index contributed by atoms with van der Waals surface area (Å²) in [6, 6.07) is 0. The second-order valence-corrected chi connectivity index (χ2v) is 7.14. The minimum atomic E-state index is -3.00. The largest absolute Gasteiger partial charge is 0.349 e. The maximum atomic E-state index is 10.9. The lowest BCUT2D eigenvalue weighted by molar-refractivity contribution is -0.128. The summed E-state index contributed by atoms with van der Waals surface area (Å²) in [4.78, 5) is 12.4. The Labute approximate surface area is 76.6 Å². The molecule has 0 spiro atoms. The quantitative estimate of drug-likeness (QED) is 0.621. The van der Waals surface area contributed by atoms with E-state index in [0.29, 0.717) is 5.75 Å². The van der Waals surface area contributed by atoms with E-state index in [2.05, 4.69) is 0 Å². The van der Waals surface area contributed by atoms with Crippen LogP contribution in [-0.2, 0) is 13.7 Å². The molecule has 0 aromatic heterocycles. The Bertz CT molecular complexity index is 246. The summed E-state index contributed by atoms with van der Waals surface area (Å²) in [5.41, 5.74) is 0. The van der Waals surface area contributed by atoms with Crippen molar-refractivity contribution in [3.63, 3.8) is 0 Å². The number of amides is 1. The third-order valence-electron chi connectivity index (χ3n) is 1.11. The van der Waals surface area contributed by atoms with Gasteiger partial charge in [0.05, 0.1) is 0 Å². The standard InChI is InChI=1S/C6H13NO3S2/c1-7(2)6(8)4-5-11-12(3,9)10/h4-5H2,1-3H3. The first-order chi connectivity index (χ1) is 5.33. The van der Waals surface area contributed by atoms with Crippen LogP contribution in [0.2, 0.25) is 0 Å². The van der Waals surface area contributed by atoms with Gasteiger partial charge in [-0.15, -0.1) is 0 Å². The molecule has 0 saturated carbocycles. The van der Waals surface area contributed by atoms with E-state index in [9.17, 15) is 13.2 Å². The van der Waals surface area contributed by atoms with Gasteiger partial charge < -0.3 is 4.90 Å². The second-order valence-electron chi connectivity index (χ2n) is 2.56. The van der Waals surface area contributed by atoms with Crippen LogP contribution in [0.4, 0.5) is 0 Å². The molecule has 0 aromatic rings. The highest BCUT2D eigenvalue weighted by molar-refractivity contribution is 8.71. The van der Waals surface area contributed by atoms with E-state index in [1.165, 1.54) is 4.90 Å². The van der Waals surface area contributed by atoms with Crippen molar-refractivity contribution in [1.82, 2.24) is 4.90 Å². The van der Waals surface area contributed by atoms with Crippen molar-refractivity contribution in [2.75, 3.05) is 26.1 Å². The minimum absolute atomic E-state index is 0.0499. The van der Waals surface area contributed by atoms with E-state index in [-0.39, 0.29) is 12.3 Å². The Kier molecular flexibility index (Phi) is 4.62. The van der Waals surface area contributed by atoms with Crippen LogP contribution in [0.5, 0.6) is 0 Å². The Balaban J connectivity index is 3.66. The van der Waals surface area contributed by atoms with E-state index < -0.39 is 8.87 Å². The van der Waals surface area contributed by atoms with Gasteiger partial charge in [0, 0.05) is 32.5 Å². The fourth-order valence-electron chi connectivity index (χ4n) is 0.504. The molecule has 0 fully saturated rings. The van der Waals surface area contributed by atoms with Gasteiger partial charge in [0.1, 0.15) is 0 Å². The van der Waals surface area contributed by atoms with Crippen LogP contribution in [0, 0.1) is 0 Å². The van der Waals surface area contributed by atoms with E-state index in [0.717, 1.165) is 17.0 Å². The van der Waals surface area contributed by atoms with Gasteiger partial charge in [-0.1, -0.05) is 0 Å². The number of carbonyl (C=O) groups is 1. The Morgan fingerprint density at radius 2 is 1.92 bits per heavy atom. The predicted molar refractivity (Wildman–Crippen MR) is 50.6 cm³/mol. The third kappa shape index (κ3) is 6.48. The zero-order chi connectivity index (χ0) is 9.78. The molecule has 4 nitrogen and oxygen atoms in total. The van der Waals surface area contributed by atoms with E-state index in [1.807, 2.05) is 0 Å². The monoisotopic (exact) mass is 211 g/mol. The second kappa shape index (κ2) is 4.71. The molecule has 1 amide bonds. The molecule has 0 atom stereocenters. The minimum Gasteiger partial charge on any atom is -0.349 e. The molecule has 0 rings (SSSR count). The summed E-state index contributed by atoms with van der Waals surface area (Å²) in [5.74, 6) is 0.279. The molecule has 0 radical (unpaired) electrons. The molecule has 0 N–H and O–H groups in total. The first-order valence-corrected chi connectivity index (χ1v) is 6.77. The predicted octanol–water partition coefficient (Wildman–Crippen LogP) is 0.157. The van der Waals surface area contributed by atoms with Crippen LogP contribution in [-0.4, -0.2) is 45.3 Å². The van der Waals surface area contributed by atoms with Crippen LogP contribution in [0.1, 0.15) is 6.42 Å². The highest BCUT2D eigenvalue weighted by atomic mass is 33.1. The van der Waals surface area contributed by atoms with Gasteiger partial charge >= 0.3 is 0 Å². The number of carbonyl (C=O) groups excluding carboxylic acids is 1. The Morgan fingerprint density at radius 1 is 1.42 bits per heavy atom. The molecular weight excluding hydrogens is 198 g/mol. The lowest BCUT2D eigenvalue weighted by Gasteiger charge is -2.08. The molecule has 0 saturated heterocycles. The van der Waals surface area contributed by atoms with Crippen LogP contribution in [0.25, 0.3) is 0 Å². The molecule has 6 heteroatoms. The Hall–Kier alpha value is -0.230. The van der Waals surface area contributed by atoms with Crippen LogP contribution >= 0.6 is 10.8 Å². The van der Waals surface area contributed by atoms with E-state index in [4.69, 9.17) is 0 Å². The van der Waals surface area contributed by atoms with Crippen molar-refractivity contribution < 1.29 is 13.2 Å². The Morgan fingerprint density at radius 3 is 2.25 bits per heavy atom. The highest BCUT2D eigenvalue weighted by Gasteiger charge is 2.07. The van der Waals surface area contributed by atoms with Crippen molar-refractivity contribution in [3.05, 3.63) is 0 Å². The topological polar surface area (TPSA) is 54.5 Å². The van der Waals surface area contributed by atoms with Crippen molar-refractivity contribution in [1.29, 1.82) is 0 Å². The lowest BCUT2D eigenvalue weighted by Crippen LogP contribution is -2.21. The summed E-state index contributed by atoms with van der Waals surface area (Å²) in [7, 11) is 1.10. The van der Waals surface area contributed by atoms with E-state index >= 15 is 0 Å². The van der Waals surface area contributed by atoms with Gasteiger partial charge in [-0.05, 0) is 10.8 Å². The van der Waals surface area contributed by atoms with Gasteiger partial charge in [-0.25, -0.2) is 8.42 Å². The maximum Gasteiger partial charge on any atom is 0.222 e. The molecule has 0 aromatic carbocycles. The number of rotatable bonds is 4. The van der Waals surface area contributed by atoms with Crippen LogP contribution < -0.4 is 0 Å². The number of hydrogen-bond acceptors (Lipinski definition) is 4. The van der Waals surface area contributed by atoms with Gasteiger partial charge in [0.2, 0.25) is 5.91 Å². The molecule has 0 bridgehead atoms. The zero-order valence-corrected chi connectivity index (χ0v) is 9.04. The molecular formula is C6H13NO3S2. The summed E-state index contributed by atoms with van der Waals surface area (Å²) >= 11 is 0. The van der Waals surface area contributed by atoms with Gasteiger partial charge in [-0.3, -0.25) is 4.79 Å². The zero-order valence-electron chi connectivity index (χ0n) is 7.40. The first-order valence-electron chi connectivity index (χ1n) is 3.37. The molecule has 0 heterocycles.